The van der Waals surface area contributed by atoms with Gasteiger partial charge in [-0.3, -0.25) is 9.59 Å². The zero-order valence-electron chi connectivity index (χ0n) is 16.3. The van der Waals surface area contributed by atoms with Gasteiger partial charge in [0.2, 0.25) is 15.9 Å². The highest BCUT2D eigenvalue weighted by molar-refractivity contribution is 7.88. The number of rotatable bonds is 7. The zero-order valence-corrected chi connectivity index (χ0v) is 17.2. The summed E-state index contributed by atoms with van der Waals surface area (Å²) in [6.07, 6.45) is 1.04. The average Bonchev–Trinajstić information content (AvgIpc) is 2.61. The largest absolute Gasteiger partial charge is 0.350 e. The third kappa shape index (κ3) is 5.40. The van der Waals surface area contributed by atoms with Crippen LogP contribution in [0.25, 0.3) is 0 Å². The first kappa shape index (κ1) is 21.6. The maximum atomic E-state index is 13.0. The molecule has 0 aliphatic rings. The fourth-order valence-corrected chi connectivity index (χ4v) is 3.28. The van der Waals surface area contributed by atoms with Gasteiger partial charge in [0.25, 0.3) is 5.91 Å². The van der Waals surface area contributed by atoms with Crippen molar-refractivity contribution in [2.24, 2.45) is 0 Å². The monoisotopic (exact) mass is 403 g/mol. The van der Waals surface area contributed by atoms with Crippen molar-refractivity contribution in [1.29, 1.82) is 0 Å². The minimum Gasteiger partial charge on any atom is -0.350 e. The summed E-state index contributed by atoms with van der Waals surface area (Å²) in [7, 11) is -2.29. The van der Waals surface area contributed by atoms with Crippen molar-refractivity contribution in [3.05, 3.63) is 65.7 Å². The molecule has 0 saturated heterocycles. The summed E-state index contributed by atoms with van der Waals surface area (Å²) in [5.74, 6) is -0.873. The number of likely N-dealkylation sites (N-methyl/N-ethyl adjacent to an activating group) is 1. The molecule has 0 fully saturated rings. The van der Waals surface area contributed by atoms with E-state index in [-0.39, 0.29) is 11.9 Å². The van der Waals surface area contributed by atoms with Crippen LogP contribution >= 0.6 is 0 Å². The van der Waals surface area contributed by atoms with Gasteiger partial charge in [0.05, 0.1) is 17.5 Å². The van der Waals surface area contributed by atoms with Gasteiger partial charge in [-0.25, -0.2) is 8.42 Å². The van der Waals surface area contributed by atoms with E-state index >= 15 is 0 Å². The molecule has 1 atom stereocenters. The molecule has 0 spiro atoms. The standard InChI is InChI=1S/C20H25N3O4S/c1-14(2)21-19(24)16-12-8-9-13-17(16)22-20(25)18(23(3)28(4,26)27)15-10-6-5-7-11-15/h5-14,18H,1-4H3,(H,21,24)(H,22,25)/t18-/m0/s1. The molecule has 28 heavy (non-hydrogen) atoms. The first-order chi connectivity index (χ1) is 13.1. The minimum absolute atomic E-state index is 0.0651. The molecule has 0 aliphatic heterocycles. The van der Waals surface area contributed by atoms with Crippen LogP contribution < -0.4 is 10.6 Å². The summed E-state index contributed by atoms with van der Waals surface area (Å²) in [5.41, 5.74) is 1.14. The molecular formula is C20H25N3O4S. The van der Waals surface area contributed by atoms with E-state index in [0.717, 1.165) is 10.6 Å². The Morgan fingerprint density at radius 1 is 0.964 bits per heavy atom. The molecule has 0 saturated carbocycles. The number of hydrogen-bond donors (Lipinski definition) is 2. The molecule has 0 radical (unpaired) electrons. The molecule has 0 aliphatic carbocycles. The lowest BCUT2D eigenvalue weighted by Gasteiger charge is -2.26. The normalized spacial score (nSPS) is 12.6. The van der Waals surface area contributed by atoms with Crippen LogP contribution in [-0.2, 0) is 14.8 Å². The van der Waals surface area contributed by atoms with E-state index in [2.05, 4.69) is 10.6 Å². The van der Waals surface area contributed by atoms with Crippen LogP contribution in [0.2, 0.25) is 0 Å². The third-order valence-electron chi connectivity index (χ3n) is 4.10. The number of carbonyl (C=O) groups excluding carboxylic acids is 2. The van der Waals surface area contributed by atoms with E-state index in [9.17, 15) is 18.0 Å². The number of para-hydroxylation sites is 1. The maximum Gasteiger partial charge on any atom is 0.253 e. The highest BCUT2D eigenvalue weighted by Crippen LogP contribution is 2.25. The van der Waals surface area contributed by atoms with Crippen molar-refractivity contribution < 1.29 is 18.0 Å². The van der Waals surface area contributed by atoms with Crippen LogP contribution in [0.5, 0.6) is 0 Å². The van der Waals surface area contributed by atoms with Crippen molar-refractivity contribution in [3.8, 4) is 0 Å². The topological polar surface area (TPSA) is 95.6 Å². The van der Waals surface area contributed by atoms with Gasteiger partial charge >= 0.3 is 0 Å². The average molecular weight is 404 g/mol. The van der Waals surface area contributed by atoms with Gasteiger partial charge in [0.15, 0.2) is 0 Å². The van der Waals surface area contributed by atoms with Gasteiger partial charge in [-0.1, -0.05) is 42.5 Å². The lowest BCUT2D eigenvalue weighted by atomic mass is 10.1. The van der Waals surface area contributed by atoms with E-state index < -0.39 is 22.0 Å². The first-order valence-electron chi connectivity index (χ1n) is 8.80. The predicted molar refractivity (Wildman–Crippen MR) is 109 cm³/mol. The van der Waals surface area contributed by atoms with Gasteiger partial charge in [-0.2, -0.15) is 4.31 Å². The summed E-state index contributed by atoms with van der Waals surface area (Å²) in [6, 6.07) is 14.1. The summed E-state index contributed by atoms with van der Waals surface area (Å²) in [5, 5.41) is 5.49. The number of amides is 2. The van der Waals surface area contributed by atoms with Gasteiger partial charge in [0, 0.05) is 13.1 Å². The summed E-state index contributed by atoms with van der Waals surface area (Å²) >= 11 is 0. The SMILES string of the molecule is CC(C)NC(=O)c1ccccc1NC(=O)[C@H](c1ccccc1)N(C)S(C)(=O)=O. The lowest BCUT2D eigenvalue weighted by Crippen LogP contribution is -2.38. The van der Waals surface area contributed by atoms with E-state index in [1.54, 1.807) is 54.6 Å². The highest BCUT2D eigenvalue weighted by Gasteiger charge is 2.31. The number of anilines is 1. The van der Waals surface area contributed by atoms with E-state index in [1.165, 1.54) is 7.05 Å². The Kier molecular flexibility index (Phi) is 6.93. The molecule has 0 aromatic heterocycles. The van der Waals surface area contributed by atoms with Crippen LogP contribution in [0.1, 0.15) is 35.8 Å². The first-order valence-corrected chi connectivity index (χ1v) is 10.6. The minimum atomic E-state index is -3.64. The quantitative estimate of drug-likeness (QED) is 0.742. The second-order valence-corrected chi connectivity index (χ2v) is 8.80. The second kappa shape index (κ2) is 8.99. The lowest BCUT2D eigenvalue weighted by molar-refractivity contribution is -0.119. The Morgan fingerprint density at radius 2 is 1.54 bits per heavy atom. The Bertz CT molecular complexity index is 943. The highest BCUT2D eigenvalue weighted by atomic mass is 32.2. The summed E-state index contributed by atoms with van der Waals surface area (Å²) < 4.78 is 25.2. The van der Waals surface area contributed by atoms with E-state index in [0.29, 0.717) is 16.8 Å². The molecule has 0 unspecified atom stereocenters. The number of nitrogens with one attached hydrogen (secondary N) is 2. The molecular weight excluding hydrogens is 378 g/mol. The van der Waals surface area contributed by atoms with E-state index in [1.807, 2.05) is 13.8 Å². The van der Waals surface area contributed by atoms with Gasteiger partial charge in [0.1, 0.15) is 6.04 Å². The predicted octanol–water partition coefficient (Wildman–Crippen LogP) is 2.40. The van der Waals surface area contributed by atoms with Crippen molar-refractivity contribution in [3.63, 3.8) is 0 Å². The number of nitrogens with zero attached hydrogens (tertiary/aromatic N) is 1. The van der Waals surface area contributed by atoms with Crippen LogP contribution in [-0.4, -0.2) is 43.9 Å². The van der Waals surface area contributed by atoms with Gasteiger partial charge < -0.3 is 10.6 Å². The van der Waals surface area contributed by atoms with Crippen LogP contribution in [0, 0.1) is 0 Å². The number of carbonyl (C=O) groups is 2. The van der Waals surface area contributed by atoms with Crippen LogP contribution in [0.4, 0.5) is 5.69 Å². The Balaban J connectivity index is 2.39. The van der Waals surface area contributed by atoms with Crippen molar-refractivity contribution in [2.75, 3.05) is 18.6 Å². The third-order valence-corrected chi connectivity index (χ3v) is 5.36. The van der Waals surface area contributed by atoms with Crippen LogP contribution in [0.15, 0.2) is 54.6 Å². The Morgan fingerprint density at radius 3 is 2.11 bits per heavy atom. The Hall–Kier alpha value is -2.71. The van der Waals surface area contributed by atoms with Gasteiger partial charge in [-0.15, -0.1) is 0 Å². The molecule has 0 bridgehead atoms. The van der Waals surface area contributed by atoms with Crippen LogP contribution in [0.3, 0.4) is 0 Å². The fourth-order valence-electron chi connectivity index (χ4n) is 2.68. The van der Waals surface area contributed by atoms with E-state index in [4.69, 9.17) is 0 Å². The fraction of sp³-hybridized carbons (Fsp3) is 0.300. The number of hydrogen-bond acceptors (Lipinski definition) is 4. The van der Waals surface area contributed by atoms with Gasteiger partial charge in [-0.05, 0) is 31.5 Å². The number of sulfonamides is 1. The molecule has 2 N–H and O–H groups in total. The zero-order chi connectivity index (χ0) is 20.9. The summed E-state index contributed by atoms with van der Waals surface area (Å²) in [4.78, 5) is 25.5. The van der Waals surface area contributed by atoms with Crippen molar-refractivity contribution in [2.45, 2.75) is 25.9 Å². The molecule has 2 amide bonds. The maximum absolute atomic E-state index is 13.0. The molecule has 150 valence electrons. The molecule has 8 heteroatoms. The molecule has 2 aromatic carbocycles. The Labute approximate surface area is 165 Å². The molecule has 2 aromatic rings. The molecule has 2 rings (SSSR count). The molecule has 7 nitrogen and oxygen atoms in total. The molecule has 0 heterocycles. The number of benzene rings is 2. The smallest absolute Gasteiger partial charge is 0.253 e. The summed E-state index contributed by atoms with van der Waals surface area (Å²) in [6.45, 7) is 3.68. The van der Waals surface area contributed by atoms with Crippen molar-refractivity contribution >= 4 is 27.5 Å². The second-order valence-electron chi connectivity index (χ2n) is 6.76. The van der Waals surface area contributed by atoms with Crippen molar-refractivity contribution in [1.82, 2.24) is 9.62 Å².